The highest BCUT2D eigenvalue weighted by molar-refractivity contribution is 7.84. The summed E-state index contributed by atoms with van der Waals surface area (Å²) in [6.07, 6.45) is -5.06. The van der Waals surface area contributed by atoms with Gasteiger partial charge in [0, 0.05) is 35.3 Å². The van der Waals surface area contributed by atoms with Gasteiger partial charge in [0.05, 0.1) is 0 Å². The largest absolute Gasteiger partial charge is 0.389 e. The first-order valence-electron chi connectivity index (χ1n) is 3.57. The van der Waals surface area contributed by atoms with Crippen LogP contribution in [0.25, 0.3) is 0 Å². The van der Waals surface area contributed by atoms with Crippen LogP contribution in [-0.4, -0.2) is 28.4 Å². The van der Waals surface area contributed by atoms with E-state index in [0.29, 0.717) is 0 Å². The third kappa shape index (κ3) is 8.00. The van der Waals surface area contributed by atoms with Gasteiger partial charge in [-0.25, -0.2) is 0 Å². The summed E-state index contributed by atoms with van der Waals surface area (Å²) in [6, 6.07) is 0. The molecule has 0 amide bonds. The summed E-state index contributed by atoms with van der Waals surface area (Å²) in [4.78, 5) is 0. The van der Waals surface area contributed by atoms with Crippen LogP contribution in [0.15, 0.2) is 0 Å². The van der Waals surface area contributed by atoms with Gasteiger partial charge in [-0.2, -0.15) is 13.2 Å². The number of hydrogen-bond donors (Lipinski definition) is 1. The molecule has 2 N–H and O–H groups in total. The first kappa shape index (κ1) is 11.9. The minimum Gasteiger partial charge on any atom is -0.330 e. The average molecular weight is 203 g/mol. The lowest BCUT2D eigenvalue weighted by Gasteiger charge is -2.04. The van der Waals surface area contributed by atoms with Crippen molar-refractivity contribution in [3.63, 3.8) is 0 Å². The quantitative estimate of drug-likeness (QED) is 0.725. The smallest absolute Gasteiger partial charge is 0.330 e. The van der Waals surface area contributed by atoms with Gasteiger partial charge in [0.1, 0.15) is 0 Å². The lowest BCUT2D eigenvalue weighted by molar-refractivity contribution is -0.134. The summed E-state index contributed by atoms with van der Waals surface area (Å²) < 4.78 is 45.5. The Morgan fingerprint density at radius 2 is 1.83 bits per heavy atom. The molecule has 0 rings (SSSR count). The summed E-state index contributed by atoms with van der Waals surface area (Å²) in [6.45, 7) is 0.263. The van der Waals surface area contributed by atoms with E-state index in [-0.39, 0.29) is 24.5 Å². The van der Waals surface area contributed by atoms with Crippen molar-refractivity contribution in [1.82, 2.24) is 0 Å². The van der Waals surface area contributed by atoms with Gasteiger partial charge in [0.25, 0.3) is 0 Å². The molecule has 0 aromatic carbocycles. The van der Waals surface area contributed by atoms with Crippen LogP contribution in [0.3, 0.4) is 0 Å². The Kier molecular flexibility index (Phi) is 5.48. The molecule has 0 aliphatic heterocycles. The fraction of sp³-hybridized carbons (Fsp3) is 1.00. The first-order valence-corrected chi connectivity index (χ1v) is 5.06. The molecular formula is C6H12F3NOS. The van der Waals surface area contributed by atoms with Crippen LogP contribution < -0.4 is 5.73 Å². The highest BCUT2D eigenvalue weighted by Crippen LogP contribution is 2.21. The third-order valence-corrected chi connectivity index (χ3v) is 2.61. The molecule has 2 nitrogen and oxygen atoms in total. The van der Waals surface area contributed by atoms with Gasteiger partial charge >= 0.3 is 6.18 Å². The molecule has 0 spiro atoms. The van der Waals surface area contributed by atoms with Crippen LogP contribution in [0.4, 0.5) is 13.2 Å². The molecule has 0 saturated carbocycles. The van der Waals surface area contributed by atoms with Crippen molar-refractivity contribution in [2.75, 3.05) is 18.1 Å². The second kappa shape index (κ2) is 5.53. The van der Waals surface area contributed by atoms with Crippen LogP contribution >= 0.6 is 0 Å². The SMILES string of the molecule is NCCS(=O)CCCC(F)(F)F. The Hall–Kier alpha value is -0.100. The topological polar surface area (TPSA) is 43.1 Å². The molecule has 0 heterocycles. The summed E-state index contributed by atoms with van der Waals surface area (Å²) in [5.41, 5.74) is 5.07. The maximum atomic E-state index is 11.6. The lowest BCUT2D eigenvalue weighted by Crippen LogP contribution is -2.14. The molecule has 0 bridgehead atoms. The van der Waals surface area contributed by atoms with E-state index in [1.54, 1.807) is 0 Å². The van der Waals surface area contributed by atoms with Gasteiger partial charge < -0.3 is 5.73 Å². The van der Waals surface area contributed by atoms with Gasteiger partial charge in [0.2, 0.25) is 0 Å². The fourth-order valence-corrected chi connectivity index (χ4v) is 1.60. The number of nitrogens with two attached hydrogens (primary N) is 1. The molecule has 0 aromatic heterocycles. The van der Waals surface area contributed by atoms with E-state index < -0.39 is 23.4 Å². The van der Waals surface area contributed by atoms with E-state index in [1.807, 2.05) is 0 Å². The molecule has 6 heteroatoms. The maximum absolute atomic E-state index is 11.6. The highest BCUT2D eigenvalue weighted by Gasteiger charge is 2.26. The van der Waals surface area contributed by atoms with Gasteiger partial charge in [-0.3, -0.25) is 4.21 Å². The van der Waals surface area contributed by atoms with Crippen molar-refractivity contribution >= 4 is 10.8 Å². The monoisotopic (exact) mass is 203 g/mol. The number of rotatable bonds is 5. The normalized spacial score (nSPS) is 14.7. The molecule has 0 aliphatic carbocycles. The van der Waals surface area contributed by atoms with Crippen LogP contribution in [0.5, 0.6) is 0 Å². The van der Waals surface area contributed by atoms with Crippen molar-refractivity contribution in [2.24, 2.45) is 5.73 Å². The number of alkyl halides is 3. The van der Waals surface area contributed by atoms with Gasteiger partial charge in [0.15, 0.2) is 0 Å². The summed E-state index contributed by atoms with van der Waals surface area (Å²) >= 11 is 0. The van der Waals surface area contributed by atoms with Crippen LogP contribution in [0, 0.1) is 0 Å². The molecule has 0 fully saturated rings. The number of hydrogen-bond acceptors (Lipinski definition) is 2. The minimum absolute atomic E-state index is 0.0733. The average Bonchev–Trinajstić information content (AvgIpc) is 1.84. The van der Waals surface area contributed by atoms with Gasteiger partial charge in [-0.05, 0) is 6.42 Å². The molecule has 12 heavy (non-hydrogen) atoms. The standard InChI is InChI=1S/C6H12F3NOS/c7-6(8,9)2-1-4-12(11)5-3-10/h1-5,10H2. The van der Waals surface area contributed by atoms with E-state index in [1.165, 1.54) is 0 Å². The molecule has 74 valence electrons. The Labute approximate surface area is 71.8 Å². The molecule has 0 radical (unpaired) electrons. The van der Waals surface area contributed by atoms with Gasteiger partial charge in [-0.15, -0.1) is 0 Å². The zero-order valence-corrected chi connectivity index (χ0v) is 7.38. The van der Waals surface area contributed by atoms with E-state index in [9.17, 15) is 17.4 Å². The van der Waals surface area contributed by atoms with E-state index in [2.05, 4.69) is 0 Å². The second-order valence-corrected chi connectivity index (χ2v) is 4.05. The van der Waals surface area contributed by atoms with E-state index >= 15 is 0 Å². The Morgan fingerprint density at radius 3 is 2.25 bits per heavy atom. The van der Waals surface area contributed by atoms with E-state index in [0.717, 1.165) is 0 Å². The minimum atomic E-state index is -4.13. The first-order chi connectivity index (χ1) is 5.45. The maximum Gasteiger partial charge on any atom is 0.389 e. The Balaban J connectivity index is 3.37. The van der Waals surface area contributed by atoms with E-state index in [4.69, 9.17) is 5.73 Å². The van der Waals surface area contributed by atoms with Crippen molar-refractivity contribution < 1.29 is 17.4 Å². The molecular weight excluding hydrogens is 191 g/mol. The Bertz CT molecular complexity index is 148. The molecule has 0 aromatic rings. The van der Waals surface area contributed by atoms with Crippen molar-refractivity contribution in [2.45, 2.75) is 19.0 Å². The summed E-state index contributed by atoms with van der Waals surface area (Å²) in [7, 11) is -1.18. The predicted octanol–water partition coefficient (Wildman–Crippen LogP) is 1.04. The second-order valence-electron chi connectivity index (χ2n) is 2.36. The van der Waals surface area contributed by atoms with Crippen molar-refractivity contribution in [3.8, 4) is 0 Å². The summed E-state index contributed by atoms with van der Waals surface area (Å²) in [5.74, 6) is 0.383. The Morgan fingerprint density at radius 1 is 1.25 bits per heavy atom. The van der Waals surface area contributed by atoms with Crippen molar-refractivity contribution in [1.29, 1.82) is 0 Å². The molecule has 0 aliphatic rings. The highest BCUT2D eigenvalue weighted by atomic mass is 32.2. The molecule has 1 unspecified atom stereocenters. The molecule has 1 atom stereocenters. The number of halogens is 3. The van der Waals surface area contributed by atoms with Crippen LogP contribution in [-0.2, 0) is 10.8 Å². The van der Waals surface area contributed by atoms with Crippen LogP contribution in [0.1, 0.15) is 12.8 Å². The zero-order valence-electron chi connectivity index (χ0n) is 6.56. The van der Waals surface area contributed by atoms with Crippen molar-refractivity contribution in [3.05, 3.63) is 0 Å². The predicted molar refractivity (Wildman–Crippen MR) is 42.2 cm³/mol. The fourth-order valence-electron chi connectivity index (χ4n) is 0.667. The third-order valence-electron chi connectivity index (χ3n) is 1.18. The zero-order chi connectivity index (χ0) is 9.61. The summed E-state index contributed by atoms with van der Waals surface area (Å²) in [5, 5.41) is 0. The molecule has 0 saturated heterocycles. The lowest BCUT2D eigenvalue weighted by atomic mass is 10.3. The van der Waals surface area contributed by atoms with Gasteiger partial charge in [-0.1, -0.05) is 0 Å². The van der Waals surface area contributed by atoms with Crippen LogP contribution in [0.2, 0.25) is 0 Å².